The van der Waals surface area contributed by atoms with Crippen molar-refractivity contribution in [2.45, 2.75) is 69.6 Å². The lowest BCUT2D eigenvalue weighted by Gasteiger charge is -2.25. The minimum Gasteiger partial charge on any atom is -0.381 e. The van der Waals surface area contributed by atoms with Crippen LogP contribution in [-0.2, 0) is 4.74 Å². The van der Waals surface area contributed by atoms with Gasteiger partial charge in [0.15, 0.2) is 5.11 Å². The second-order valence-electron chi connectivity index (χ2n) is 5.32. The first-order chi connectivity index (χ1) is 8.28. The largest absolute Gasteiger partial charge is 0.381 e. The Morgan fingerprint density at radius 3 is 2.35 bits per heavy atom. The molecule has 3 nitrogen and oxygen atoms in total. The fourth-order valence-electron chi connectivity index (χ4n) is 2.94. The van der Waals surface area contributed by atoms with Crippen molar-refractivity contribution in [2.75, 3.05) is 7.11 Å². The second kappa shape index (κ2) is 6.55. The number of ether oxygens (including phenoxy) is 1. The van der Waals surface area contributed by atoms with Gasteiger partial charge in [-0.1, -0.05) is 19.3 Å². The molecule has 4 heteroatoms. The minimum atomic E-state index is 0.421. The molecule has 2 saturated carbocycles. The highest BCUT2D eigenvalue weighted by Crippen LogP contribution is 2.21. The van der Waals surface area contributed by atoms with Crippen LogP contribution in [0, 0.1) is 0 Å². The summed E-state index contributed by atoms with van der Waals surface area (Å²) in [6.07, 6.45) is 10.4. The van der Waals surface area contributed by atoms with Crippen molar-refractivity contribution in [1.29, 1.82) is 0 Å². The lowest BCUT2D eigenvalue weighted by molar-refractivity contribution is 0.107. The molecular weight excluding hydrogens is 232 g/mol. The summed E-state index contributed by atoms with van der Waals surface area (Å²) in [7, 11) is 1.80. The molecule has 2 fully saturated rings. The van der Waals surface area contributed by atoms with E-state index in [0.29, 0.717) is 18.2 Å². The maximum atomic E-state index is 5.38. The van der Waals surface area contributed by atoms with E-state index in [-0.39, 0.29) is 0 Å². The van der Waals surface area contributed by atoms with Crippen molar-refractivity contribution < 1.29 is 4.74 Å². The molecule has 0 bridgehead atoms. The number of rotatable bonds is 3. The van der Waals surface area contributed by atoms with Crippen molar-refractivity contribution in [3.8, 4) is 0 Å². The third-order valence-corrected chi connectivity index (χ3v) is 4.23. The van der Waals surface area contributed by atoms with Gasteiger partial charge < -0.3 is 15.4 Å². The van der Waals surface area contributed by atoms with E-state index < -0.39 is 0 Å². The molecule has 2 N–H and O–H groups in total. The predicted molar refractivity (Wildman–Crippen MR) is 74.2 cm³/mol. The van der Waals surface area contributed by atoms with Gasteiger partial charge in [0.05, 0.1) is 6.10 Å². The summed E-state index contributed by atoms with van der Waals surface area (Å²) in [6.45, 7) is 0. The predicted octanol–water partition coefficient (Wildman–Crippen LogP) is 2.35. The Morgan fingerprint density at radius 2 is 1.71 bits per heavy atom. The Balaban J connectivity index is 1.66. The smallest absolute Gasteiger partial charge is 0.166 e. The van der Waals surface area contributed by atoms with E-state index in [4.69, 9.17) is 17.0 Å². The van der Waals surface area contributed by atoms with Crippen LogP contribution in [0.3, 0.4) is 0 Å². The standard InChI is InChI=1S/C13H24N2OS/c1-16-12-8-7-11(9-12)15-13(17)14-10-5-3-2-4-6-10/h10-12H,2-9H2,1H3,(H2,14,15,17). The van der Waals surface area contributed by atoms with Crippen molar-refractivity contribution in [3.05, 3.63) is 0 Å². The van der Waals surface area contributed by atoms with Gasteiger partial charge in [-0.05, 0) is 44.3 Å². The first kappa shape index (κ1) is 13.1. The molecule has 2 aliphatic carbocycles. The van der Waals surface area contributed by atoms with Gasteiger partial charge >= 0.3 is 0 Å². The van der Waals surface area contributed by atoms with Crippen LogP contribution >= 0.6 is 12.2 Å². The molecule has 2 atom stereocenters. The van der Waals surface area contributed by atoms with E-state index in [1.54, 1.807) is 7.11 Å². The third kappa shape index (κ3) is 4.11. The zero-order valence-corrected chi connectivity index (χ0v) is 11.5. The van der Waals surface area contributed by atoms with Crippen LogP contribution in [0.4, 0.5) is 0 Å². The molecule has 2 unspecified atom stereocenters. The van der Waals surface area contributed by atoms with Crippen molar-refractivity contribution in [1.82, 2.24) is 10.6 Å². The molecule has 0 amide bonds. The summed E-state index contributed by atoms with van der Waals surface area (Å²) in [5.74, 6) is 0. The lowest BCUT2D eigenvalue weighted by atomic mass is 9.96. The van der Waals surface area contributed by atoms with Crippen LogP contribution in [-0.4, -0.2) is 30.4 Å². The summed E-state index contributed by atoms with van der Waals surface area (Å²) >= 11 is 5.38. The van der Waals surface area contributed by atoms with Gasteiger partial charge in [-0.3, -0.25) is 0 Å². The van der Waals surface area contributed by atoms with Crippen LogP contribution in [0.5, 0.6) is 0 Å². The topological polar surface area (TPSA) is 33.3 Å². The van der Waals surface area contributed by atoms with Crippen LogP contribution in [0.1, 0.15) is 51.4 Å². The van der Waals surface area contributed by atoms with Gasteiger partial charge in [0.1, 0.15) is 0 Å². The Kier molecular flexibility index (Phi) is 5.04. The highest BCUT2D eigenvalue weighted by Gasteiger charge is 2.25. The van der Waals surface area contributed by atoms with Crippen LogP contribution < -0.4 is 10.6 Å². The van der Waals surface area contributed by atoms with E-state index in [2.05, 4.69) is 10.6 Å². The summed E-state index contributed by atoms with van der Waals surface area (Å²) in [5.41, 5.74) is 0. The Bertz CT molecular complexity index is 254. The molecule has 0 heterocycles. The fraction of sp³-hybridized carbons (Fsp3) is 0.923. The van der Waals surface area contributed by atoms with Gasteiger partial charge in [0.25, 0.3) is 0 Å². The SMILES string of the molecule is COC1CCC(NC(=S)NC2CCCCC2)C1. The zero-order valence-electron chi connectivity index (χ0n) is 10.7. The molecule has 0 saturated heterocycles. The van der Waals surface area contributed by atoms with E-state index in [0.717, 1.165) is 18.0 Å². The Morgan fingerprint density at radius 1 is 1.00 bits per heavy atom. The summed E-state index contributed by atoms with van der Waals surface area (Å²) in [4.78, 5) is 0. The average Bonchev–Trinajstić information content (AvgIpc) is 2.78. The molecule has 17 heavy (non-hydrogen) atoms. The van der Waals surface area contributed by atoms with Gasteiger partial charge in [-0.15, -0.1) is 0 Å². The number of thiocarbonyl (C=S) groups is 1. The molecular formula is C13H24N2OS. The fourth-order valence-corrected chi connectivity index (χ4v) is 3.28. The van der Waals surface area contributed by atoms with Crippen molar-refractivity contribution >= 4 is 17.3 Å². The molecule has 0 aromatic rings. The van der Waals surface area contributed by atoms with Gasteiger partial charge in [-0.25, -0.2) is 0 Å². The normalized spacial score (nSPS) is 30.2. The molecule has 2 rings (SSSR count). The Labute approximate surface area is 110 Å². The average molecular weight is 256 g/mol. The maximum Gasteiger partial charge on any atom is 0.166 e. The van der Waals surface area contributed by atoms with Crippen LogP contribution in [0.2, 0.25) is 0 Å². The summed E-state index contributed by atoms with van der Waals surface area (Å²) in [6, 6.07) is 1.10. The first-order valence-corrected chi connectivity index (χ1v) is 7.28. The number of methoxy groups -OCH3 is 1. The highest BCUT2D eigenvalue weighted by molar-refractivity contribution is 7.80. The Hall–Kier alpha value is -0.350. The molecule has 0 aromatic carbocycles. The number of hydrogen-bond donors (Lipinski definition) is 2. The van der Waals surface area contributed by atoms with Crippen LogP contribution in [0.15, 0.2) is 0 Å². The van der Waals surface area contributed by atoms with E-state index in [1.165, 1.54) is 38.5 Å². The molecule has 0 spiro atoms. The summed E-state index contributed by atoms with van der Waals surface area (Å²) < 4.78 is 5.37. The molecule has 0 aliphatic heterocycles. The third-order valence-electron chi connectivity index (χ3n) is 3.99. The van der Waals surface area contributed by atoms with E-state index in [9.17, 15) is 0 Å². The molecule has 0 radical (unpaired) electrons. The number of nitrogens with one attached hydrogen (secondary N) is 2. The quantitative estimate of drug-likeness (QED) is 0.760. The van der Waals surface area contributed by atoms with Gasteiger partial charge in [0.2, 0.25) is 0 Å². The monoisotopic (exact) mass is 256 g/mol. The lowest BCUT2D eigenvalue weighted by Crippen LogP contribution is -2.46. The van der Waals surface area contributed by atoms with Crippen molar-refractivity contribution in [2.24, 2.45) is 0 Å². The van der Waals surface area contributed by atoms with Crippen LogP contribution in [0.25, 0.3) is 0 Å². The van der Waals surface area contributed by atoms with Gasteiger partial charge in [-0.2, -0.15) is 0 Å². The minimum absolute atomic E-state index is 0.421. The molecule has 98 valence electrons. The highest BCUT2D eigenvalue weighted by atomic mass is 32.1. The molecule has 2 aliphatic rings. The first-order valence-electron chi connectivity index (χ1n) is 6.87. The van der Waals surface area contributed by atoms with E-state index >= 15 is 0 Å². The summed E-state index contributed by atoms with van der Waals surface area (Å²) in [5, 5.41) is 7.73. The van der Waals surface area contributed by atoms with E-state index in [1.807, 2.05) is 0 Å². The zero-order chi connectivity index (χ0) is 12.1. The maximum absolute atomic E-state index is 5.38. The number of hydrogen-bond acceptors (Lipinski definition) is 2. The van der Waals surface area contributed by atoms with Gasteiger partial charge in [0, 0.05) is 19.2 Å². The van der Waals surface area contributed by atoms with Crippen molar-refractivity contribution in [3.63, 3.8) is 0 Å². The molecule has 0 aromatic heterocycles. The second-order valence-corrected chi connectivity index (χ2v) is 5.73.